The van der Waals surface area contributed by atoms with Gasteiger partial charge in [0.2, 0.25) is 5.88 Å². The van der Waals surface area contributed by atoms with E-state index < -0.39 is 0 Å². The molecule has 0 unspecified atom stereocenters. The second-order valence-corrected chi connectivity index (χ2v) is 16.9. The molecule has 4 aromatic heterocycles. The molecule has 0 spiro atoms. The van der Waals surface area contributed by atoms with E-state index in [4.69, 9.17) is 9.84 Å². The zero-order chi connectivity index (χ0) is 37.8. The first kappa shape index (κ1) is 38.5. The number of aryl methyl sites for hydroxylation is 1. The number of ether oxygens (including phenoxy) is 1. The topological polar surface area (TPSA) is 71.9 Å². The van der Waals surface area contributed by atoms with E-state index in [-0.39, 0.29) is 0 Å². The van der Waals surface area contributed by atoms with Crippen molar-refractivity contribution in [3.8, 4) is 5.88 Å². The molecule has 0 saturated carbocycles. The summed E-state index contributed by atoms with van der Waals surface area (Å²) in [5.41, 5.74) is 6.46. The zero-order valence-corrected chi connectivity index (χ0v) is 34.1. The largest absolute Gasteiger partial charge is 0.476 e. The highest BCUT2D eigenvalue weighted by molar-refractivity contribution is 5.82. The Kier molecular flexibility index (Phi) is 12.4. The molecule has 4 aliphatic heterocycles. The normalized spacial score (nSPS) is 19.7. The van der Waals surface area contributed by atoms with Crippen molar-refractivity contribution in [1.29, 1.82) is 0 Å². The lowest BCUT2D eigenvalue weighted by atomic mass is 9.87. The molecule has 8 heterocycles. The lowest BCUT2D eigenvalue weighted by Gasteiger charge is -2.35. The van der Waals surface area contributed by atoms with Gasteiger partial charge in [0.05, 0.1) is 35.2 Å². The maximum atomic E-state index is 5.52. The van der Waals surface area contributed by atoms with E-state index >= 15 is 0 Å². The monoisotopic (exact) mass is 736 g/mol. The van der Waals surface area contributed by atoms with Crippen LogP contribution in [0.3, 0.4) is 0 Å². The second kappa shape index (κ2) is 17.4. The lowest BCUT2D eigenvalue weighted by molar-refractivity contribution is 0.170. The molecule has 10 nitrogen and oxygen atoms in total. The van der Waals surface area contributed by atoms with Crippen molar-refractivity contribution in [3.63, 3.8) is 0 Å². The summed E-state index contributed by atoms with van der Waals surface area (Å²) in [6, 6.07) is 19.3. The fourth-order valence-corrected chi connectivity index (χ4v) is 8.99. The van der Waals surface area contributed by atoms with Crippen molar-refractivity contribution in [3.05, 3.63) is 77.9 Å². The third kappa shape index (κ3) is 8.87. The first-order valence-electron chi connectivity index (χ1n) is 20.9. The number of nitrogens with zero attached hydrogens (tertiary/aromatic N) is 9. The van der Waals surface area contributed by atoms with Crippen LogP contribution in [0.2, 0.25) is 0 Å². The Morgan fingerprint density at radius 2 is 1.20 bits per heavy atom. The molecule has 3 fully saturated rings. The number of fused-ring (bicyclic) bond motifs is 3. The van der Waals surface area contributed by atoms with E-state index in [1.54, 1.807) is 0 Å². The first-order chi connectivity index (χ1) is 26.1. The molecule has 10 heteroatoms. The molecule has 0 bridgehead atoms. The Bertz CT molecular complexity index is 1860. The Morgan fingerprint density at radius 3 is 1.76 bits per heavy atom. The van der Waals surface area contributed by atoms with Crippen LogP contribution in [0.5, 0.6) is 5.88 Å². The summed E-state index contributed by atoms with van der Waals surface area (Å²) in [7, 11) is 2.02. The fourth-order valence-electron chi connectivity index (χ4n) is 8.99. The highest BCUT2D eigenvalue weighted by atomic mass is 16.5. The smallest absolute Gasteiger partial charge is 0.212 e. The van der Waals surface area contributed by atoms with Gasteiger partial charge in [-0.25, -0.2) is 9.20 Å². The third-order valence-corrected chi connectivity index (χ3v) is 12.6. The van der Waals surface area contributed by atoms with E-state index in [1.807, 2.05) is 39.4 Å². The van der Waals surface area contributed by atoms with Crippen molar-refractivity contribution in [2.45, 2.75) is 122 Å². The summed E-state index contributed by atoms with van der Waals surface area (Å²) in [6.45, 7) is 22.7. The molecule has 4 aliphatic rings. The number of hydrogen-bond acceptors (Lipinski definition) is 7. The van der Waals surface area contributed by atoms with Gasteiger partial charge < -0.3 is 19.4 Å². The summed E-state index contributed by atoms with van der Waals surface area (Å²) in [5.74, 6) is 2.93. The number of aromatic nitrogens is 6. The molecule has 0 aliphatic carbocycles. The number of benzene rings is 1. The Labute approximate surface area is 323 Å². The molecule has 0 amide bonds. The average Bonchev–Trinajstić information content (AvgIpc) is 4.00. The molecule has 54 heavy (non-hydrogen) atoms. The molecule has 0 N–H and O–H groups in total. The van der Waals surface area contributed by atoms with Gasteiger partial charge in [-0.2, -0.15) is 15.3 Å². The molecule has 292 valence electrons. The minimum Gasteiger partial charge on any atom is -0.476 e. The summed E-state index contributed by atoms with van der Waals surface area (Å²) in [6.07, 6.45) is 11.5. The predicted molar refractivity (Wildman–Crippen MR) is 220 cm³/mol. The van der Waals surface area contributed by atoms with Crippen LogP contribution < -0.4 is 4.74 Å². The van der Waals surface area contributed by atoms with Crippen molar-refractivity contribution >= 4 is 16.4 Å². The van der Waals surface area contributed by atoms with E-state index in [0.29, 0.717) is 35.9 Å². The maximum Gasteiger partial charge on any atom is 0.212 e. The van der Waals surface area contributed by atoms with Crippen LogP contribution in [-0.4, -0.2) is 108 Å². The summed E-state index contributed by atoms with van der Waals surface area (Å²) in [4.78, 5) is 7.70. The number of likely N-dealkylation sites (tertiary alicyclic amines) is 3. The van der Waals surface area contributed by atoms with Crippen LogP contribution in [0.25, 0.3) is 16.4 Å². The van der Waals surface area contributed by atoms with Gasteiger partial charge in [-0.15, -0.1) is 0 Å². The Morgan fingerprint density at radius 1 is 0.630 bits per heavy atom. The van der Waals surface area contributed by atoms with Crippen molar-refractivity contribution < 1.29 is 4.74 Å². The van der Waals surface area contributed by atoms with E-state index in [0.717, 1.165) is 19.0 Å². The fraction of sp³-hybridized carbons (Fsp3) is 0.614. The van der Waals surface area contributed by atoms with E-state index in [9.17, 15) is 0 Å². The molecule has 0 atom stereocenters. The number of piperidine rings is 3. The average molecular weight is 736 g/mol. The summed E-state index contributed by atoms with van der Waals surface area (Å²) < 4.78 is 11.5. The SMILES string of the molecule is CC(C)N1CCC(c2cc3ccccn3n2)CC1.CC(C)N1CCC(c2cc3n(n2)CCO3)CC1.CC(C)N1CCC(c2cccc3c2cnn3C)CC1. The minimum atomic E-state index is 0.631. The van der Waals surface area contributed by atoms with Gasteiger partial charge in [0.25, 0.3) is 0 Å². The molecular weight excluding hydrogens is 671 g/mol. The number of pyridine rings is 1. The highest BCUT2D eigenvalue weighted by Crippen LogP contribution is 2.34. The molecular formula is C44H65N9O. The summed E-state index contributed by atoms with van der Waals surface area (Å²) in [5, 5.41) is 15.1. The molecule has 3 saturated heterocycles. The van der Waals surface area contributed by atoms with Gasteiger partial charge in [-0.3, -0.25) is 4.68 Å². The van der Waals surface area contributed by atoms with Crippen molar-refractivity contribution in [2.24, 2.45) is 7.05 Å². The van der Waals surface area contributed by atoms with Crippen LogP contribution in [-0.2, 0) is 13.6 Å². The molecule has 5 aromatic rings. The van der Waals surface area contributed by atoms with E-state index in [1.165, 1.54) is 111 Å². The van der Waals surface area contributed by atoms with Gasteiger partial charge in [0.1, 0.15) is 6.61 Å². The van der Waals surface area contributed by atoms with Gasteiger partial charge in [-0.1, -0.05) is 18.2 Å². The van der Waals surface area contributed by atoms with Gasteiger partial charge in [0, 0.05) is 54.7 Å². The Balaban J connectivity index is 0.000000125. The van der Waals surface area contributed by atoms with Crippen LogP contribution in [0.1, 0.15) is 115 Å². The standard InChI is InChI=1S/C16H23N3.C15H21N3.C13H21N3O/c1-12(2)19-9-7-13(8-10-19)14-5-4-6-16-15(14)11-17-18(16)3;1-12(2)17-9-6-13(7-10-17)15-11-14-5-3-4-8-18(14)16-15;1-10(2)15-5-3-11(4-6-15)12-9-13-16(14-12)7-8-17-13/h4-6,11-13H,7-10H2,1-3H3;3-5,8,11-13H,6-7,9-10H2,1-2H3;9-11H,3-8H2,1-2H3. The molecule has 0 radical (unpaired) electrons. The minimum absolute atomic E-state index is 0.631. The number of rotatable bonds is 6. The van der Waals surface area contributed by atoms with Crippen molar-refractivity contribution in [2.75, 3.05) is 45.9 Å². The quantitative estimate of drug-likeness (QED) is 0.175. The zero-order valence-electron chi connectivity index (χ0n) is 34.1. The van der Waals surface area contributed by atoms with Gasteiger partial charge in [-0.05, 0) is 155 Å². The van der Waals surface area contributed by atoms with Crippen molar-refractivity contribution in [1.82, 2.24) is 43.9 Å². The van der Waals surface area contributed by atoms with Crippen LogP contribution in [0.4, 0.5) is 0 Å². The Hall–Kier alpha value is -3.73. The molecule has 9 rings (SSSR count). The number of hydrogen-bond donors (Lipinski definition) is 0. The van der Waals surface area contributed by atoms with E-state index in [2.05, 4.69) is 109 Å². The highest BCUT2D eigenvalue weighted by Gasteiger charge is 2.27. The third-order valence-electron chi connectivity index (χ3n) is 12.6. The second-order valence-electron chi connectivity index (χ2n) is 16.9. The van der Waals surface area contributed by atoms with Crippen LogP contribution in [0.15, 0.2) is 60.9 Å². The van der Waals surface area contributed by atoms with Crippen LogP contribution in [0, 0.1) is 0 Å². The molecule has 1 aromatic carbocycles. The maximum absolute atomic E-state index is 5.52. The van der Waals surface area contributed by atoms with Gasteiger partial charge in [0.15, 0.2) is 0 Å². The predicted octanol–water partition coefficient (Wildman–Crippen LogP) is 7.95. The van der Waals surface area contributed by atoms with Crippen LogP contribution >= 0.6 is 0 Å². The summed E-state index contributed by atoms with van der Waals surface area (Å²) >= 11 is 0. The van der Waals surface area contributed by atoms with Gasteiger partial charge >= 0.3 is 0 Å². The lowest BCUT2D eigenvalue weighted by Crippen LogP contribution is -2.37. The first-order valence-corrected chi connectivity index (χ1v) is 20.9.